The maximum atomic E-state index is 11.9. The lowest BCUT2D eigenvalue weighted by Crippen LogP contribution is -2.28. The Morgan fingerprint density at radius 3 is 2.33 bits per heavy atom. The summed E-state index contributed by atoms with van der Waals surface area (Å²) in [4.78, 5) is 24.8. The van der Waals surface area contributed by atoms with Crippen LogP contribution in [0, 0.1) is 17.3 Å². The van der Waals surface area contributed by atoms with Gasteiger partial charge in [-0.15, -0.1) is 11.3 Å². The number of anilines is 1. The fourth-order valence-corrected chi connectivity index (χ4v) is 2.53. The molecule has 0 aliphatic heterocycles. The largest absolute Gasteiger partial charge is 0.465 e. The highest BCUT2D eigenvalue weighted by atomic mass is 32.1. The molecule has 6 heteroatoms. The van der Waals surface area contributed by atoms with Crippen molar-refractivity contribution in [3.8, 4) is 11.8 Å². The third-order valence-electron chi connectivity index (χ3n) is 2.51. The Balaban J connectivity index is 2.95. The van der Waals surface area contributed by atoms with Gasteiger partial charge in [0.25, 0.3) is 0 Å². The summed E-state index contributed by atoms with van der Waals surface area (Å²) in [7, 11) is 1.32. The molecule has 0 aromatic carbocycles. The second kappa shape index (κ2) is 7.71. The molecule has 0 aliphatic carbocycles. The van der Waals surface area contributed by atoms with Crippen molar-refractivity contribution in [2.75, 3.05) is 19.0 Å². The predicted molar refractivity (Wildman–Crippen MR) is 96.3 cm³/mol. The number of methoxy groups -OCH3 is 1. The van der Waals surface area contributed by atoms with E-state index in [9.17, 15) is 9.59 Å². The van der Waals surface area contributed by atoms with Crippen molar-refractivity contribution in [2.45, 2.75) is 47.1 Å². The fourth-order valence-electron chi connectivity index (χ4n) is 1.62. The number of esters is 2. The maximum Gasteiger partial charge on any atom is 0.350 e. The Morgan fingerprint density at radius 1 is 1.21 bits per heavy atom. The molecule has 1 aromatic heterocycles. The van der Waals surface area contributed by atoms with E-state index in [4.69, 9.17) is 9.47 Å². The minimum Gasteiger partial charge on any atom is -0.465 e. The molecule has 0 atom stereocenters. The van der Waals surface area contributed by atoms with Gasteiger partial charge in [-0.25, -0.2) is 4.79 Å². The molecule has 5 nitrogen and oxygen atoms in total. The standard InChI is InChI=1S/C18H25NO4S/c1-17(2,3)9-8-12-10-13(15(24-12)16(21)22-7)19-11-14(20)23-18(4,5)6/h10,19H,11H2,1-7H3. The third-order valence-corrected chi connectivity index (χ3v) is 3.54. The van der Waals surface area contributed by atoms with Gasteiger partial charge in [0.1, 0.15) is 17.0 Å². The van der Waals surface area contributed by atoms with E-state index < -0.39 is 17.5 Å². The first-order valence-electron chi connectivity index (χ1n) is 7.62. The summed E-state index contributed by atoms with van der Waals surface area (Å²) < 4.78 is 10.0. The van der Waals surface area contributed by atoms with Gasteiger partial charge in [0.15, 0.2) is 0 Å². The molecular formula is C18H25NO4S. The van der Waals surface area contributed by atoms with Crippen LogP contribution in [0.3, 0.4) is 0 Å². The Hall–Kier alpha value is -2.00. The average Bonchev–Trinajstić information content (AvgIpc) is 2.83. The SMILES string of the molecule is COC(=O)c1sc(C#CC(C)(C)C)cc1NCC(=O)OC(C)(C)C. The fraction of sp³-hybridized carbons (Fsp3) is 0.556. The van der Waals surface area contributed by atoms with Crippen molar-refractivity contribution in [1.82, 2.24) is 0 Å². The lowest BCUT2D eigenvalue weighted by Gasteiger charge is -2.19. The molecule has 0 unspecified atom stereocenters. The number of carbonyl (C=O) groups is 2. The summed E-state index contributed by atoms with van der Waals surface area (Å²) in [6, 6.07) is 1.75. The first-order valence-corrected chi connectivity index (χ1v) is 8.44. The van der Waals surface area contributed by atoms with Crippen LogP contribution in [0.15, 0.2) is 6.07 Å². The number of hydrogen-bond acceptors (Lipinski definition) is 6. The van der Waals surface area contributed by atoms with E-state index in [1.54, 1.807) is 26.8 Å². The van der Waals surface area contributed by atoms with Crippen molar-refractivity contribution in [1.29, 1.82) is 0 Å². The Morgan fingerprint density at radius 2 is 1.83 bits per heavy atom. The van der Waals surface area contributed by atoms with E-state index in [-0.39, 0.29) is 12.0 Å². The number of hydrogen-bond donors (Lipinski definition) is 1. The van der Waals surface area contributed by atoms with Gasteiger partial charge in [-0.1, -0.05) is 11.8 Å². The molecule has 0 saturated carbocycles. The van der Waals surface area contributed by atoms with Crippen LogP contribution in [0.4, 0.5) is 5.69 Å². The minimum absolute atomic E-state index is 0.0376. The summed E-state index contributed by atoms with van der Waals surface area (Å²) in [5, 5.41) is 2.94. The van der Waals surface area contributed by atoms with Gasteiger partial charge in [-0.3, -0.25) is 4.79 Å². The molecule has 1 heterocycles. The van der Waals surface area contributed by atoms with Gasteiger partial charge < -0.3 is 14.8 Å². The van der Waals surface area contributed by atoms with Crippen molar-refractivity contribution in [3.63, 3.8) is 0 Å². The van der Waals surface area contributed by atoms with Crippen molar-refractivity contribution >= 4 is 29.0 Å². The molecule has 0 fully saturated rings. The number of nitrogens with one attached hydrogen (secondary N) is 1. The van der Waals surface area contributed by atoms with Crippen LogP contribution in [0.5, 0.6) is 0 Å². The molecule has 132 valence electrons. The van der Waals surface area contributed by atoms with Gasteiger partial charge in [-0.05, 0) is 47.6 Å². The van der Waals surface area contributed by atoms with Crippen LogP contribution < -0.4 is 5.32 Å². The predicted octanol–water partition coefficient (Wildman–Crippen LogP) is 3.69. The van der Waals surface area contributed by atoms with E-state index in [0.717, 1.165) is 4.88 Å². The van der Waals surface area contributed by atoms with Gasteiger partial charge in [0.2, 0.25) is 0 Å². The quantitative estimate of drug-likeness (QED) is 0.662. The Labute approximate surface area is 147 Å². The second-order valence-corrected chi connectivity index (χ2v) is 8.34. The first kappa shape index (κ1) is 20.0. The summed E-state index contributed by atoms with van der Waals surface area (Å²) in [5.74, 6) is 5.32. The molecule has 1 aromatic rings. The van der Waals surface area contributed by atoms with Crippen LogP contribution in [0.2, 0.25) is 0 Å². The highest BCUT2D eigenvalue weighted by molar-refractivity contribution is 7.15. The summed E-state index contributed by atoms with van der Waals surface area (Å²) >= 11 is 1.23. The molecule has 24 heavy (non-hydrogen) atoms. The molecule has 1 N–H and O–H groups in total. The molecule has 1 rings (SSSR count). The lowest BCUT2D eigenvalue weighted by atomic mass is 9.98. The van der Waals surface area contributed by atoms with E-state index in [0.29, 0.717) is 10.6 Å². The van der Waals surface area contributed by atoms with Gasteiger partial charge in [0, 0.05) is 5.41 Å². The number of ether oxygens (including phenoxy) is 2. The van der Waals surface area contributed by atoms with Crippen molar-refractivity contribution in [3.05, 3.63) is 15.8 Å². The zero-order valence-corrected chi connectivity index (χ0v) is 16.1. The van der Waals surface area contributed by atoms with Crippen LogP contribution in [-0.2, 0) is 14.3 Å². The molecule has 0 bridgehead atoms. The third kappa shape index (κ3) is 7.05. The summed E-state index contributed by atoms with van der Waals surface area (Å²) in [6.45, 7) is 11.4. The highest BCUT2D eigenvalue weighted by Crippen LogP contribution is 2.28. The zero-order chi connectivity index (χ0) is 18.5. The Bertz CT molecular complexity index is 666. The van der Waals surface area contributed by atoms with Gasteiger partial charge in [0.05, 0.1) is 17.7 Å². The van der Waals surface area contributed by atoms with Crippen LogP contribution >= 0.6 is 11.3 Å². The molecule has 0 aliphatic rings. The van der Waals surface area contributed by atoms with E-state index in [2.05, 4.69) is 17.2 Å². The van der Waals surface area contributed by atoms with Gasteiger partial charge >= 0.3 is 11.9 Å². The van der Waals surface area contributed by atoms with E-state index in [1.165, 1.54) is 18.4 Å². The zero-order valence-electron chi connectivity index (χ0n) is 15.3. The number of carbonyl (C=O) groups excluding carboxylic acids is 2. The van der Waals surface area contributed by atoms with Crippen molar-refractivity contribution < 1.29 is 19.1 Å². The summed E-state index contributed by atoms with van der Waals surface area (Å²) in [5.41, 5.74) is -0.169. The molecular weight excluding hydrogens is 326 g/mol. The van der Waals surface area contributed by atoms with Crippen LogP contribution in [0.25, 0.3) is 0 Å². The Kier molecular flexibility index (Phi) is 6.44. The van der Waals surface area contributed by atoms with Gasteiger partial charge in [-0.2, -0.15) is 0 Å². The molecule has 0 radical (unpaired) electrons. The normalized spacial score (nSPS) is 11.3. The number of rotatable bonds is 4. The minimum atomic E-state index is -0.554. The van der Waals surface area contributed by atoms with Crippen molar-refractivity contribution in [2.24, 2.45) is 5.41 Å². The monoisotopic (exact) mass is 351 g/mol. The average molecular weight is 351 g/mol. The van der Waals surface area contributed by atoms with Crippen LogP contribution in [-0.4, -0.2) is 31.2 Å². The maximum absolute atomic E-state index is 11.9. The van der Waals surface area contributed by atoms with E-state index in [1.807, 2.05) is 20.8 Å². The second-order valence-electron chi connectivity index (χ2n) is 7.29. The highest BCUT2D eigenvalue weighted by Gasteiger charge is 2.20. The molecule has 0 amide bonds. The first-order chi connectivity index (χ1) is 10.9. The summed E-state index contributed by atoms with van der Waals surface area (Å²) in [6.07, 6.45) is 0. The molecule has 0 spiro atoms. The topological polar surface area (TPSA) is 64.6 Å². The van der Waals surface area contributed by atoms with Crippen LogP contribution in [0.1, 0.15) is 56.1 Å². The number of thiophene rings is 1. The molecule has 0 saturated heterocycles. The van der Waals surface area contributed by atoms with E-state index >= 15 is 0 Å². The lowest BCUT2D eigenvalue weighted by molar-refractivity contribution is -0.152. The smallest absolute Gasteiger partial charge is 0.350 e.